The third-order valence-electron chi connectivity index (χ3n) is 3.35. The monoisotopic (exact) mass is 234 g/mol. The lowest BCUT2D eigenvalue weighted by Crippen LogP contribution is -2.39. The summed E-state index contributed by atoms with van der Waals surface area (Å²) in [5.41, 5.74) is 8.12. The predicted octanol–water partition coefficient (Wildman–Crippen LogP) is 2.19. The van der Waals surface area contributed by atoms with E-state index in [4.69, 9.17) is 10.5 Å². The highest BCUT2D eigenvalue weighted by Gasteiger charge is 2.23. The van der Waals surface area contributed by atoms with Crippen molar-refractivity contribution >= 4 is 5.69 Å². The average Bonchev–Trinajstić information content (AvgIpc) is 2.37. The van der Waals surface area contributed by atoms with E-state index in [1.807, 2.05) is 0 Å². The molecule has 1 aliphatic heterocycles. The van der Waals surface area contributed by atoms with Gasteiger partial charge >= 0.3 is 0 Å². The van der Waals surface area contributed by atoms with Crippen molar-refractivity contribution in [2.45, 2.75) is 32.8 Å². The van der Waals surface area contributed by atoms with Crippen LogP contribution < -0.4 is 15.4 Å². The number of anilines is 1. The molecule has 2 N–H and O–H groups in total. The molecule has 1 aromatic rings. The van der Waals surface area contributed by atoms with Gasteiger partial charge in [0.25, 0.3) is 0 Å². The van der Waals surface area contributed by atoms with Gasteiger partial charge in [-0.3, -0.25) is 0 Å². The van der Waals surface area contributed by atoms with E-state index in [-0.39, 0.29) is 0 Å². The first kappa shape index (κ1) is 12.2. The number of hydrogen-bond donors (Lipinski definition) is 1. The second-order valence-electron chi connectivity index (χ2n) is 4.53. The Morgan fingerprint density at radius 2 is 2.24 bits per heavy atom. The molecule has 1 unspecified atom stereocenters. The molecular formula is C14H22N2O. The molecule has 17 heavy (non-hydrogen) atoms. The molecule has 0 bridgehead atoms. The molecule has 3 heteroatoms. The molecule has 2 rings (SSSR count). The second kappa shape index (κ2) is 5.41. The normalized spacial score (nSPS) is 18.8. The van der Waals surface area contributed by atoms with E-state index in [0.717, 1.165) is 31.7 Å². The van der Waals surface area contributed by atoms with Gasteiger partial charge in [0, 0.05) is 6.54 Å². The summed E-state index contributed by atoms with van der Waals surface area (Å²) in [6, 6.07) is 6.43. The van der Waals surface area contributed by atoms with Gasteiger partial charge in [0.1, 0.15) is 11.9 Å². The maximum atomic E-state index is 5.97. The summed E-state index contributed by atoms with van der Waals surface area (Å²) in [6.07, 6.45) is 2.31. The minimum Gasteiger partial charge on any atom is -0.486 e. The van der Waals surface area contributed by atoms with Crippen LogP contribution in [-0.2, 0) is 6.42 Å². The number of nitrogens with two attached hydrogens (primary N) is 1. The van der Waals surface area contributed by atoms with E-state index in [0.29, 0.717) is 12.6 Å². The number of ether oxygens (including phenoxy) is 1. The van der Waals surface area contributed by atoms with Gasteiger partial charge in [0.2, 0.25) is 0 Å². The van der Waals surface area contributed by atoms with Gasteiger partial charge in [0.15, 0.2) is 0 Å². The lowest BCUT2D eigenvalue weighted by Gasteiger charge is -2.35. The minimum absolute atomic E-state index is 0.322. The van der Waals surface area contributed by atoms with Crippen LogP contribution in [0, 0.1) is 0 Å². The number of rotatable bonds is 4. The van der Waals surface area contributed by atoms with Crippen LogP contribution in [0.1, 0.15) is 25.8 Å². The zero-order valence-electron chi connectivity index (χ0n) is 10.8. The second-order valence-corrected chi connectivity index (χ2v) is 4.53. The topological polar surface area (TPSA) is 38.5 Å². The van der Waals surface area contributed by atoms with Gasteiger partial charge in [-0.15, -0.1) is 0 Å². The molecule has 0 amide bonds. The van der Waals surface area contributed by atoms with Gasteiger partial charge in [-0.2, -0.15) is 0 Å². The Morgan fingerprint density at radius 1 is 1.41 bits per heavy atom. The fourth-order valence-corrected chi connectivity index (χ4v) is 2.30. The first-order chi connectivity index (χ1) is 8.28. The standard InChI is InChI=1S/C14H22N2O/c1-3-12-10-16(4-2)13-9-11(7-8-15)5-6-14(13)17-12/h5-6,9,12H,3-4,7-8,10,15H2,1-2H3. The maximum absolute atomic E-state index is 5.97. The van der Waals surface area contributed by atoms with Gasteiger partial charge < -0.3 is 15.4 Å². The fraction of sp³-hybridized carbons (Fsp3) is 0.571. The van der Waals surface area contributed by atoms with E-state index in [1.54, 1.807) is 0 Å². The van der Waals surface area contributed by atoms with Crippen LogP contribution in [0.5, 0.6) is 5.75 Å². The zero-order chi connectivity index (χ0) is 12.3. The SMILES string of the molecule is CCC1CN(CC)c2cc(CCN)ccc2O1. The van der Waals surface area contributed by atoms with Crippen LogP contribution in [-0.4, -0.2) is 25.7 Å². The predicted molar refractivity (Wildman–Crippen MR) is 71.8 cm³/mol. The molecule has 0 aliphatic carbocycles. The summed E-state index contributed by atoms with van der Waals surface area (Å²) in [5.74, 6) is 1.02. The van der Waals surface area contributed by atoms with Crippen molar-refractivity contribution in [1.82, 2.24) is 0 Å². The van der Waals surface area contributed by atoms with Gasteiger partial charge in [0.05, 0.1) is 12.2 Å². The molecule has 0 fully saturated rings. The molecule has 0 radical (unpaired) electrons. The largest absolute Gasteiger partial charge is 0.486 e. The third-order valence-corrected chi connectivity index (χ3v) is 3.35. The van der Waals surface area contributed by atoms with Crippen LogP contribution in [0.15, 0.2) is 18.2 Å². The summed E-state index contributed by atoms with van der Waals surface area (Å²) in [6.45, 7) is 7.08. The van der Waals surface area contributed by atoms with Crippen molar-refractivity contribution in [1.29, 1.82) is 0 Å². The van der Waals surface area contributed by atoms with Crippen LogP contribution in [0.25, 0.3) is 0 Å². The lowest BCUT2D eigenvalue weighted by molar-refractivity contribution is 0.190. The van der Waals surface area contributed by atoms with Crippen molar-refractivity contribution in [3.05, 3.63) is 23.8 Å². The molecule has 0 saturated carbocycles. The molecule has 1 aliphatic rings. The average molecular weight is 234 g/mol. The molecule has 1 heterocycles. The highest BCUT2D eigenvalue weighted by molar-refractivity contribution is 5.61. The zero-order valence-corrected chi connectivity index (χ0v) is 10.8. The number of hydrogen-bond acceptors (Lipinski definition) is 3. The van der Waals surface area contributed by atoms with E-state index in [9.17, 15) is 0 Å². The van der Waals surface area contributed by atoms with Crippen molar-refractivity contribution < 1.29 is 4.74 Å². The van der Waals surface area contributed by atoms with Crippen molar-refractivity contribution in [2.24, 2.45) is 5.73 Å². The molecule has 1 atom stereocenters. The van der Waals surface area contributed by atoms with Gasteiger partial charge in [-0.25, -0.2) is 0 Å². The maximum Gasteiger partial charge on any atom is 0.143 e. The number of nitrogens with zero attached hydrogens (tertiary/aromatic N) is 1. The lowest BCUT2D eigenvalue weighted by atomic mass is 10.1. The Morgan fingerprint density at radius 3 is 2.88 bits per heavy atom. The Hall–Kier alpha value is -1.22. The molecule has 0 aromatic heterocycles. The Balaban J connectivity index is 2.29. The van der Waals surface area contributed by atoms with E-state index >= 15 is 0 Å². The Labute approximate surface area is 104 Å². The highest BCUT2D eigenvalue weighted by atomic mass is 16.5. The van der Waals surface area contributed by atoms with Crippen LogP contribution >= 0.6 is 0 Å². The van der Waals surface area contributed by atoms with Crippen LogP contribution in [0.2, 0.25) is 0 Å². The minimum atomic E-state index is 0.322. The Kier molecular flexibility index (Phi) is 3.89. The number of fused-ring (bicyclic) bond motifs is 1. The molecule has 0 spiro atoms. The smallest absolute Gasteiger partial charge is 0.143 e. The summed E-state index contributed by atoms with van der Waals surface area (Å²) in [5, 5.41) is 0. The van der Waals surface area contributed by atoms with E-state index < -0.39 is 0 Å². The number of benzene rings is 1. The molecule has 1 aromatic carbocycles. The van der Waals surface area contributed by atoms with Crippen molar-refractivity contribution in [3.8, 4) is 5.75 Å². The highest BCUT2D eigenvalue weighted by Crippen LogP contribution is 2.34. The molecule has 94 valence electrons. The first-order valence-electron chi connectivity index (χ1n) is 6.53. The molecule has 0 saturated heterocycles. The Bertz CT molecular complexity index is 378. The summed E-state index contributed by atoms with van der Waals surface area (Å²) < 4.78 is 5.97. The fourth-order valence-electron chi connectivity index (χ4n) is 2.30. The summed E-state index contributed by atoms with van der Waals surface area (Å²) >= 11 is 0. The van der Waals surface area contributed by atoms with Crippen molar-refractivity contribution in [3.63, 3.8) is 0 Å². The van der Waals surface area contributed by atoms with Gasteiger partial charge in [-0.1, -0.05) is 13.0 Å². The molecular weight excluding hydrogens is 212 g/mol. The van der Waals surface area contributed by atoms with Crippen LogP contribution in [0.3, 0.4) is 0 Å². The van der Waals surface area contributed by atoms with Crippen molar-refractivity contribution in [2.75, 3.05) is 24.5 Å². The van der Waals surface area contributed by atoms with E-state index in [1.165, 1.54) is 11.3 Å². The third kappa shape index (κ3) is 2.55. The summed E-state index contributed by atoms with van der Waals surface area (Å²) in [7, 11) is 0. The molecule has 3 nitrogen and oxygen atoms in total. The summed E-state index contributed by atoms with van der Waals surface area (Å²) in [4.78, 5) is 2.40. The van der Waals surface area contributed by atoms with E-state index in [2.05, 4.69) is 36.9 Å². The first-order valence-corrected chi connectivity index (χ1v) is 6.53. The van der Waals surface area contributed by atoms with Crippen LogP contribution in [0.4, 0.5) is 5.69 Å². The number of likely N-dealkylation sites (N-methyl/N-ethyl adjacent to an activating group) is 1. The quantitative estimate of drug-likeness (QED) is 0.868. The van der Waals surface area contributed by atoms with Gasteiger partial charge in [-0.05, 0) is 44.0 Å².